The maximum atomic E-state index is 8.25. The fourth-order valence-electron chi connectivity index (χ4n) is 2.35. The largest absolute Gasteiger partial charge is 0.356 e. The van der Waals surface area contributed by atoms with Gasteiger partial charge in [-0.3, -0.25) is 0 Å². The van der Waals surface area contributed by atoms with Crippen molar-refractivity contribution in [3.05, 3.63) is 75.0 Å². The first-order valence-electron chi connectivity index (χ1n) is 8.27. The van der Waals surface area contributed by atoms with Crippen LogP contribution in [0.1, 0.15) is 52.7 Å². The Morgan fingerprint density at radius 3 is 1.12 bits per heavy atom. The Balaban J connectivity index is 0.000000705. The fourth-order valence-corrected chi connectivity index (χ4v) is 3.51. The second-order valence-corrected chi connectivity index (χ2v) is 9.73. The van der Waals surface area contributed by atoms with E-state index in [0.717, 1.165) is 0 Å². The summed E-state index contributed by atoms with van der Waals surface area (Å²) >= 11 is 0. The molecule has 0 saturated carbocycles. The molecule has 25 heavy (non-hydrogen) atoms. The third-order valence-corrected chi connectivity index (χ3v) is 5.32. The van der Waals surface area contributed by atoms with Crippen LogP contribution in [0.2, 0.25) is 0 Å². The summed E-state index contributed by atoms with van der Waals surface area (Å²) in [5.74, 6) is 0. The first-order valence-corrected chi connectivity index (χ1v) is 9.42. The standard InChI is InChI=1S/C20H27P.NO3/c1-19(2,3)15-7-11-17(12-8-15)21-18-13-9-16(10-14-18)20(4,5)6;2-1(3)4/h7-14,21H,1-6H3;/q;-1/p+1. The highest BCUT2D eigenvalue weighted by Crippen LogP contribution is 2.24. The van der Waals surface area contributed by atoms with Gasteiger partial charge in [-0.2, -0.15) is 0 Å². The minimum Gasteiger partial charge on any atom is -0.356 e. The average Bonchev–Trinajstić information content (AvgIpc) is 2.46. The molecule has 0 N–H and O–H groups in total. The van der Waals surface area contributed by atoms with E-state index in [-0.39, 0.29) is 19.4 Å². The predicted octanol–water partition coefficient (Wildman–Crippen LogP) is 4.40. The lowest BCUT2D eigenvalue weighted by Gasteiger charge is -2.19. The van der Waals surface area contributed by atoms with Crippen LogP contribution in [0.4, 0.5) is 0 Å². The van der Waals surface area contributed by atoms with Crippen LogP contribution in [0.25, 0.3) is 0 Å². The molecule has 0 atom stereocenters. The second-order valence-electron chi connectivity index (χ2n) is 8.11. The Morgan fingerprint density at radius 2 is 0.920 bits per heavy atom. The Hall–Kier alpha value is -1.93. The van der Waals surface area contributed by atoms with Crippen LogP contribution in [0, 0.1) is 15.3 Å². The SMILES string of the molecule is CC(C)(C)c1ccc([PH2+]c2ccc(C(C)(C)C)cc2)cc1.O=[N+]([O-])[O-]. The van der Waals surface area contributed by atoms with Crippen LogP contribution in [0.3, 0.4) is 0 Å². The van der Waals surface area contributed by atoms with Gasteiger partial charge in [0.1, 0.15) is 0 Å². The number of rotatable bonds is 2. The smallest absolute Gasteiger partial charge is 0.0942 e. The van der Waals surface area contributed by atoms with Gasteiger partial charge in [0.2, 0.25) is 0 Å². The summed E-state index contributed by atoms with van der Waals surface area (Å²) in [4.78, 5) is 8.25. The molecular formula is C20H28NO3P. The number of nitrogens with zero attached hydrogens (tertiary/aromatic N) is 1. The zero-order valence-corrected chi connectivity index (χ0v) is 17.0. The molecule has 0 saturated heterocycles. The Morgan fingerprint density at radius 1 is 0.680 bits per heavy atom. The molecule has 0 unspecified atom stereocenters. The van der Waals surface area contributed by atoms with Crippen molar-refractivity contribution in [3.63, 3.8) is 0 Å². The molecule has 2 rings (SSSR count). The van der Waals surface area contributed by atoms with E-state index in [1.54, 1.807) is 0 Å². The third kappa shape index (κ3) is 7.66. The Labute approximate surface area is 152 Å². The van der Waals surface area contributed by atoms with Crippen LogP contribution < -0.4 is 10.6 Å². The molecule has 2 aromatic rings. The normalized spacial score (nSPS) is 11.4. The lowest BCUT2D eigenvalue weighted by Crippen LogP contribution is -2.13. The summed E-state index contributed by atoms with van der Waals surface area (Å²) in [7, 11) is 0.191. The van der Waals surface area contributed by atoms with Gasteiger partial charge in [0.05, 0.1) is 24.3 Å². The van der Waals surface area contributed by atoms with Crippen molar-refractivity contribution >= 4 is 19.2 Å². The van der Waals surface area contributed by atoms with Gasteiger partial charge in [-0.25, -0.2) is 0 Å². The highest BCUT2D eigenvalue weighted by molar-refractivity contribution is 7.55. The van der Waals surface area contributed by atoms with Gasteiger partial charge in [0, 0.05) is 0 Å². The molecule has 0 aliphatic carbocycles. The maximum absolute atomic E-state index is 8.25. The van der Waals surface area contributed by atoms with E-state index in [1.807, 2.05) is 0 Å². The average molecular weight is 361 g/mol. The van der Waals surface area contributed by atoms with E-state index < -0.39 is 5.09 Å². The van der Waals surface area contributed by atoms with Crippen LogP contribution >= 0.6 is 8.58 Å². The molecule has 4 nitrogen and oxygen atoms in total. The van der Waals surface area contributed by atoms with Crippen molar-refractivity contribution in [3.8, 4) is 0 Å². The highest BCUT2D eigenvalue weighted by Gasteiger charge is 2.15. The molecule has 5 heteroatoms. The summed E-state index contributed by atoms with van der Waals surface area (Å²) in [6, 6.07) is 18.3. The highest BCUT2D eigenvalue weighted by atomic mass is 31.1. The van der Waals surface area contributed by atoms with Crippen LogP contribution in [-0.2, 0) is 10.8 Å². The molecule has 0 radical (unpaired) electrons. The van der Waals surface area contributed by atoms with Crippen molar-refractivity contribution in [1.29, 1.82) is 0 Å². The summed E-state index contributed by atoms with van der Waals surface area (Å²) in [6.07, 6.45) is 0. The van der Waals surface area contributed by atoms with Gasteiger partial charge < -0.3 is 15.3 Å². The van der Waals surface area contributed by atoms with Crippen molar-refractivity contribution in [2.24, 2.45) is 0 Å². The zero-order valence-electron chi connectivity index (χ0n) is 15.9. The molecule has 0 amide bonds. The van der Waals surface area contributed by atoms with Crippen LogP contribution in [-0.4, -0.2) is 5.09 Å². The Kier molecular flexibility index (Phi) is 7.13. The monoisotopic (exact) mass is 361 g/mol. The topological polar surface area (TPSA) is 66.2 Å². The summed E-state index contributed by atoms with van der Waals surface area (Å²) in [5.41, 5.74) is 3.30. The first kappa shape index (κ1) is 21.1. The first-order chi connectivity index (χ1) is 11.4. The van der Waals surface area contributed by atoms with Crippen LogP contribution in [0.5, 0.6) is 0 Å². The molecule has 0 aromatic heterocycles. The van der Waals surface area contributed by atoms with Crippen LogP contribution in [0.15, 0.2) is 48.5 Å². The molecule has 136 valence electrons. The van der Waals surface area contributed by atoms with Crippen molar-refractivity contribution in [1.82, 2.24) is 0 Å². The molecular weight excluding hydrogens is 333 g/mol. The molecule has 0 heterocycles. The quantitative estimate of drug-likeness (QED) is 0.452. The van der Waals surface area contributed by atoms with Gasteiger partial charge in [-0.05, 0) is 46.2 Å². The van der Waals surface area contributed by atoms with Gasteiger partial charge in [0.15, 0.2) is 0 Å². The van der Waals surface area contributed by atoms with Crippen molar-refractivity contribution < 1.29 is 5.09 Å². The maximum Gasteiger partial charge on any atom is 0.0942 e. The third-order valence-electron chi connectivity index (χ3n) is 3.89. The number of hydrogen-bond acceptors (Lipinski definition) is 3. The van der Waals surface area contributed by atoms with E-state index in [4.69, 9.17) is 15.3 Å². The lowest BCUT2D eigenvalue weighted by atomic mass is 9.87. The molecule has 2 aromatic carbocycles. The predicted molar refractivity (Wildman–Crippen MR) is 110 cm³/mol. The van der Waals surface area contributed by atoms with Gasteiger partial charge in [-0.15, -0.1) is 0 Å². The molecule has 0 aliphatic rings. The summed E-state index contributed by atoms with van der Waals surface area (Å²) in [5, 5.41) is 17.7. The summed E-state index contributed by atoms with van der Waals surface area (Å²) < 4.78 is 0. The summed E-state index contributed by atoms with van der Waals surface area (Å²) in [6.45, 7) is 13.6. The van der Waals surface area contributed by atoms with Crippen molar-refractivity contribution in [2.45, 2.75) is 52.4 Å². The zero-order chi connectivity index (χ0) is 19.3. The van der Waals surface area contributed by atoms with E-state index >= 15 is 0 Å². The van der Waals surface area contributed by atoms with E-state index in [2.05, 4.69) is 90.1 Å². The minimum absolute atomic E-state index is 0.191. The lowest BCUT2D eigenvalue weighted by molar-refractivity contribution is -0.402. The molecule has 0 bridgehead atoms. The van der Waals surface area contributed by atoms with E-state index in [1.165, 1.54) is 21.7 Å². The molecule has 0 spiro atoms. The fraction of sp³-hybridized carbons (Fsp3) is 0.400. The van der Waals surface area contributed by atoms with Crippen molar-refractivity contribution in [2.75, 3.05) is 0 Å². The van der Waals surface area contributed by atoms with Gasteiger partial charge >= 0.3 is 0 Å². The number of benzene rings is 2. The molecule has 0 fully saturated rings. The van der Waals surface area contributed by atoms with Gasteiger partial charge in [-0.1, -0.05) is 65.8 Å². The Bertz CT molecular complexity index is 621. The molecule has 0 aliphatic heterocycles. The van der Waals surface area contributed by atoms with Gasteiger partial charge in [0.25, 0.3) is 0 Å². The van der Waals surface area contributed by atoms with E-state index in [0.29, 0.717) is 0 Å². The minimum atomic E-state index is -1.75. The number of hydrogen-bond donors (Lipinski definition) is 0. The second kappa shape index (κ2) is 8.44. The van der Waals surface area contributed by atoms with E-state index in [9.17, 15) is 0 Å².